The molecule has 0 spiro atoms. The molecule has 2 aromatic rings. The number of anilines is 1. The van der Waals surface area contributed by atoms with E-state index in [1.165, 1.54) is 6.92 Å². The number of hydrogen-bond acceptors (Lipinski definition) is 4. The van der Waals surface area contributed by atoms with Gasteiger partial charge in [-0.2, -0.15) is 5.10 Å². The first-order valence-electron chi connectivity index (χ1n) is 5.58. The number of H-pyrrole nitrogens is 1. The number of aromatic amines is 1. The van der Waals surface area contributed by atoms with Crippen LogP contribution in [0.5, 0.6) is 0 Å². The number of nitrogens with zero attached hydrogens (tertiary/aromatic N) is 1. The molecular formula is C11H10Cl2FN3O3S. The van der Waals surface area contributed by atoms with Gasteiger partial charge in [0.2, 0.25) is 0 Å². The zero-order chi connectivity index (χ0) is 15.8. The van der Waals surface area contributed by atoms with Crippen LogP contribution in [0.25, 0.3) is 0 Å². The highest BCUT2D eigenvalue weighted by Crippen LogP contribution is 2.29. The third kappa shape index (κ3) is 3.13. The fourth-order valence-electron chi connectivity index (χ4n) is 1.75. The van der Waals surface area contributed by atoms with Gasteiger partial charge in [-0.25, -0.2) is 12.8 Å². The van der Waals surface area contributed by atoms with Gasteiger partial charge in [0.1, 0.15) is 10.6 Å². The lowest BCUT2D eigenvalue weighted by Crippen LogP contribution is -2.15. The van der Waals surface area contributed by atoms with Crippen LogP contribution in [0, 0.1) is 12.7 Å². The van der Waals surface area contributed by atoms with E-state index in [9.17, 15) is 12.8 Å². The summed E-state index contributed by atoms with van der Waals surface area (Å²) in [5.74, 6) is -0.836. The highest BCUT2D eigenvalue weighted by atomic mass is 35.5. The topological polar surface area (TPSA) is 95.1 Å². The van der Waals surface area contributed by atoms with Crippen LogP contribution >= 0.6 is 23.2 Å². The average molecular weight is 354 g/mol. The fourth-order valence-corrected chi connectivity index (χ4v) is 3.64. The Kier molecular flexibility index (Phi) is 4.43. The maximum absolute atomic E-state index is 13.3. The zero-order valence-corrected chi connectivity index (χ0v) is 12.9. The van der Waals surface area contributed by atoms with Crippen LogP contribution in [-0.2, 0) is 16.6 Å². The van der Waals surface area contributed by atoms with Crippen LogP contribution in [0.15, 0.2) is 17.0 Å². The van der Waals surface area contributed by atoms with Crippen molar-refractivity contribution in [3.63, 3.8) is 0 Å². The monoisotopic (exact) mass is 353 g/mol. The summed E-state index contributed by atoms with van der Waals surface area (Å²) in [6, 6.07) is 2.18. The van der Waals surface area contributed by atoms with Crippen molar-refractivity contribution in [1.82, 2.24) is 10.2 Å². The molecule has 0 atom stereocenters. The minimum Gasteiger partial charge on any atom is -0.390 e. The molecule has 0 saturated heterocycles. The van der Waals surface area contributed by atoms with E-state index < -0.39 is 22.4 Å². The first-order valence-corrected chi connectivity index (χ1v) is 7.82. The highest BCUT2D eigenvalue weighted by molar-refractivity contribution is 7.92. The summed E-state index contributed by atoms with van der Waals surface area (Å²) in [6.45, 7) is 0.941. The fraction of sp³-hybridized carbons (Fsp3) is 0.182. The molecule has 0 aliphatic rings. The van der Waals surface area contributed by atoms with Gasteiger partial charge in [-0.1, -0.05) is 23.2 Å². The Bertz CT molecular complexity index is 769. The summed E-state index contributed by atoms with van der Waals surface area (Å²) >= 11 is 11.2. The Balaban J connectivity index is 2.45. The number of sulfonamides is 1. The van der Waals surface area contributed by atoms with E-state index in [4.69, 9.17) is 28.3 Å². The number of aliphatic hydroxyl groups is 1. The molecule has 21 heavy (non-hydrogen) atoms. The van der Waals surface area contributed by atoms with Crippen LogP contribution in [0.2, 0.25) is 10.0 Å². The highest BCUT2D eigenvalue weighted by Gasteiger charge is 2.24. The first kappa shape index (κ1) is 16.0. The van der Waals surface area contributed by atoms with Gasteiger partial charge in [-0.3, -0.25) is 9.82 Å². The molecule has 1 heterocycles. The molecule has 1 aromatic carbocycles. The van der Waals surface area contributed by atoms with Gasteiger partial charge in [-0.05, 0) is 19.1 Å². The normalized spacial score (nSPS) is 11.7. The summed E-state index contributed by atoms with van der Waals surface area (Å²) in [4.78, 5) is -0.179. The number of rotatable bonds is 4. The van der Waals surface area contributed by atoms with Crippen molar-refractivity contribution in [3.8, 4) is 0 Å². The smallest absolute Gasteiger partial charge is 0.265 e. The molecule has 6 nitrogen and oxygen atoms in total. The van der Waals surface area contributed by atoms with E-state index in [1.54, 1.807) is 0 Å². The molecule has 0 fully saturated rings. The lowest BCUT2D eigenvalue weighted by Gasteiger charge is -2.10. The number of aryl methyl sites for hydroxylation is 1. The SMILES string of the molecule is Cc1[nH]nc(CO)c1S(=O)(=O)Nc1cc(Cl)c(F)c(Cl)c1. The molecule has 0 saturated carbocycles. The zero-order valence-electron chi connectivity index (χ0n) is 10.6. The minimum absolute atomic E-state index is 0.00381. The van der Waals surface area contributed by atoms with Crippen molar-refractivity contribution in [2.45, 2.75) is 18.4 Å². The van der Waals surface area contributed by atoms with Gasteiger partial charge in [0, 0.05) is 0 Å². The lowest BCUT2D eigenvalue weighted by molar-refractivity contribution is 0.273. The standard InChI is InChI=1S/C11H10Cl2FN3O3S/c1-5-11(9(4-18)16-15-5)21(19,20)17-6-2-7(12)10(14)8(13)3-6/h2-3,17-18H,4H2,1H3,(H,15,16). The van der Waals surface area contributed by atoms with E-state index in [1.807, 2.05) is 0 Å². The van der Waals surface area contributed by atoms with Crippen molar-refractivity contribution in [3.05, 3.63) is 39.4 Å². The summed E-state index contributed by atoms with van der Waals surface area (Å²) in [5, 5.41) is 14.6. The number of aliphatic hydroxyl groups excluding tert-OH is 1. The van der Waals surface area contributed by atoms with Crippen LogP contribution in [0.4, 0.5) is 10.1 Å². The molecule has 2 rings (SSSR count). The second-order valence-corrected chi connectivity index (χ2v) is 6.58. The number of aromatic nitrogens is 2. The van der Waals surface area contributed by atoms with Crippen molar-refractivity contribution < 1.29 is 17.9 Å². The summed E-state index contributed by atoms with van der Waals surface area (Å²) in [6.07, 6.45) is 0. The van der Waals surface area contributed by atoms with Gasteiger partial charge in [-0.15, -0.1) is 0 Å². The van der Waals surface area contributed by atoms with Crippen LogP contribution < -0.4 is 4.72 Å². The second-order valence-electron chi connectivity index (χ2n) is 4.14. The van der Waals surface area contributed by atoms with E-state index in [-0.39, 0.29) is 32.0 Å². The average Bonchev–Trinajstić information content (AvgIpc) is 2.77. The van der Waals surface area contributed by atoms with Crippen LogP contribution in [0.1, 0.15) is 11.4 Å². The second kappa shape index (κ2) is 5.80. The number of nitrogens with one attached hydrogen (secondary N) is 2. The Hall–Kier alpha value is -1.35. The molecule has 3 N–H and O–H groups in total. The summed E-state index contributed by atoms with van der Waals surface area (Å²) in [5.41, 5.74) is 0.223. The molecule has 0 bridgehead atoms. The molecule has 0 radical (unpaired) electrons. The third-order valence-electron chi connectivity index (χ3n) is 2.62. The maximum Gasteiger partial charge on any atom is 0.265 e. The molecule has 10 heteroatoms. The van der Waals surface area contributed by atoms with Crippen molar-refractivity contribution in [2.75, 3.05) is 4.72 Å². The molecule has 0 aliphatic heterocycles. The largest absolute Gasteiger partial charge is 0.390 e. The van der Waals surface area contributed by atoms with Crippen molar-refractivity contribution in [2.24, 2.45) is 0 Å². The van der Waals surface area contributed by atoms with Crippen molar-refractivity contribution >= 4 is 38.9 Å². The van der Waals surface area contributed by atoms with Crippen molar-refractivity contribution in [1.29, 1.82) is 0 Å². The Labute approximate surface area is 129 Å². The third-order valence-corrected chi connectivity index (χ3v) is 4.75. The molecule has 114 valence electrons. The molecular weight excluding hydrogens is 344 g/mol. The Morgan fingerprint density at radius 3 is 2.48 bits per heavy atom. The van der Waals surface area contributed by atoms with E-state index in [0.717, 1.165) is 12.1 Å². The van der Waals surface area contributed by atoms with Gasteiger partial charge in [0.25, 0.3) is 10.0 Å². The number of benzene rings is 1. The van der Waals surface area contributed by atoms with Gasteiger partial charge in [0.15, 0.2) is 5.82 Å². The molecule has 0 unspecified atom stereocenters. The molecule has 0 aliphatic carbocycles. The Morgan fingerprint density at radius 2 is 1.95 bits per heavy atom. The van der Waals surface area contributed by atoms with Crippen LogP contribution in [-0.4, -0.2) is 23.7 Å². The minimum atomic E-state index is -4.03. The van der Waals surface area contributed by atoms with E-state index >= 15 is 0 Å². The van der Waals surface area contributed by atoms with Gasteiger partial charge < -0.3 is 5.11 Å². The van der Waals surface area contributed by atoms with Crippen LogP contribution in [0.3, 0.4) is 0 Å². The predicted molar refractivity (Wildman–Crippen MR) is 76.5 cm³/mol. The first-order chi connectivity index (χ1) is 9.76. The predicted octanol–water partition coefficient (Wildman–Crippen LogP) is 2.46. The molecule has 0 amide bonds. The summed E-state index contributed by atoms with van der Waals surface area (Å²) in [7, 11) is -4.03. The lowest BCUT2D eigenvalue weighted by atomic mass is 10.3. The molecule has 1 aromatic heterocycles. The quantitative estimate of drug-likeness (QED) is 0.735. The van der Waals surface area contributed by atoms with Gasteiger partial charge >= 0.3 is 0 Å². The maximum atomic E-state index is 13.3. The summed E-state index contributed by atoms with van der Waals surface area (Å²) < 4.78 is 40.1. The van der Waals surface area contributed by atoms with E-state index in [2.05, 4.69) is 14.9 Å². The Morgan fingerprint density at radius 1 is 1.38 bits per heavy atom. The van der Waals surface area contributed by atoms with Gasteiger partial charge in [0.05, 0.1) is 28.0 Å². The number of hydrogen-bond donors (Lipinski definition) is 3. The number of halogens is 3. The van der Waals surface area contributed by atoms with E-state index in [0.29, 0.717) is 0 Å².